The molecule has 0 unspecified atom stereocenters. The molecule has 1 aliphatic rings. The van der Waals surface area contributed by atoms with Crippen molar-refractivity contribution in [3.63, 3.8) is 0 Å². The molecule has 1 aromatic rings. The minimum Gasteiger partial charge on any atom is -0.364 e. The Morgan fingerprint density at radius 1 is 1.40 bits per heavy atom. The lowest BCUT2D eigenvalue weighted by molar-refractivity contribution is 0.380. The Bertz CT molecular complexity index is 349. The van der Waals surface area contributed by atoms with Crippen LogP contribution in [0.2, 0.25) is 5.02 Å². The highest BCUT2D eigenvalue weighted by Gasteiger charge is 2.29. The average molecular weight is 225 g/mol. The van der Waals surface area contributed by atoms with Crippen molar-refractivity contribution in [3.05, 3.63) is 29.3 Å². The highest BCUT2D eigenvalue weighted by atomic mass is 35.5. The molecule has 0 amide bonds. The molecule has 2 nitrogen and oxygen atoms in total. The molecule has 1 saturated heterocycles. The molecule has 0 spiro atoms. The van der Waals surface area contributed by atoms with E-state index >= 15 is 0 Å². The molecule has 0 atom stereocenters. The third kappa shape index (κ3) is 2.27. The molecule has 0 aromatic heterocycles. The molecular weight excluding hydrogens is 208 g/mol. The van der Waals surface area contributed by atoms with Crippen molar-refractivity contribution in [2.75, 3.05) is 24.5 Å². The van der Waals surface area contributed by atoms with Gasteiger partial charge in [-0.15, -0.1) is 0 Å². The predicted octanol–water partition coefficient (Wildman–Crippen LogP) is 2.53. The number of hydrogen-bond donors (Lipinski definition) is 1. The van der Waals surface area contributed by atoms with Crippen LogP contribution in [0.15, 0.2) is 24.3 Å². The molecule has 0 saturated carbocycles. The third-order valence-electron chi connectivity index (χ3n) is 2.92. The Labute approximate surface area is 96.2 Å². The van der Waals surface area contributed by atoms with Gasteiger partial charge in [0, 0.05) is 35.9 Å². The van der Waals surface area contributed by atoms with Crippen LogP contribution < -0.4 is 10.2 Å². The topological polar surface area (TPSA) is 15.3 Å². The van der Waals surface area contributed by atoms with Crippen LogP contribution in [0.25, 0.3) is 0 Å². The molecule has 2 rings (SSSR count). The average Bonchev–Trinajstić information content (AvgIpc) is 2.17. The zero-order chi connectivity index (χ0) is 10.9. The third-order valence-corrected chi connectivity index (χ3v) is 3.16. The monoisotopic (exact) mass is 224 g/mol. The van der Waals surface area contributed by atoms with E-state index in [-0.39, 0.29) is 5.54 Å². The van der Waals surface area contributed by atoms with Gasteiger partial charge in [0.1, 0.15) is 0 Å². The number of benzene rings is 1. The van der Waals surface area contributed by atoms with Crippen molar-refractivity contribution < 1.29 is 0 Å². The van der Waals surface area contributed by atoms with E-state index in [1.54, 1.807) is 0 Å². The van der Waals surface area contributed by atoms with Gasteiger partial charge in [-0.25, -0.2) is 0 Å². The number of nitrogens with one attached hydrogen (secondary N) is 1. The van der Waals surface area contributed by atoms with Crippen molar-refractivity contribution in [3.8, 4) is 0 Å². The first-order valence-electron chi connectivity index (χ1n) is 5.33. The molecule has 1 fully saturated rings. The van der Waals surface area contributed by atoms with Gasteiger partial charge in [-0.1, -0.05) is 17.7 Å². The maximum atomic E-state index is 6.01. The summed E-state index contributed by atoms with van der Waals surface area (Å²) in [5, 5.41) is 4.22. The summed E-state index contributed by atoms with van der Waals surface area (Å²) in [7, 11) is 0. The molecular formula is C12H17ClN2. The van der Waals surface area contributed by atoms with Crippen LogP contribution in [0.1, 0.15) is 13.8 Å². The van der Waals surface area contributed by atoms with Crippen molar-refractivity contribution in [2.24, 2.45) is 0 Å². The lowest BCUT2D eigenvalue weighted by Gasteiger charge is -2.44. The molecule has 0 radical (unpaired) electrons. The van der Waals surface area contributed by atoms with Gasteiger partial charge in [-0.05, 0) is 32.0 Å². The summed E-state index contributed by atoms with van der Waals surface area (Å²) in [6.45, 7) is 7.59. The van der Waals surface area contributed by atoms with Crippen LogP contribution in [0, 0.1) is 0 Å². The summed E-state index contributed by atoms with van der Waals surface area (Å²) in [6.07, 6.45) is 0. The Morgan fingerprint density at radius 2 is 2.20 bits per heavy atom. The fourth-order valence-electron chi connectivity index (χ4n) is 2.11. The summed E-state index contributed by atoms with van der Waals surface area (Å²) < 4.78 is 0. The van der Waals surface area contributed by atoms with Gasteiger partial charge in [-0.2, -0.15) is 0 Å². The molecule has 1 aromatic carbocycles. The molecule has 3 heteroatoms. The van der Waals surface area contributed by atoms with Gasteiger partial charge in [0.05, 0.1) is 0 Å². The summed E-state index contributed by atoms with van der Waals surface area (Å²) >= 11 is 6.01. The quantitative estimate of drug-likeness (QED) is 0.789. The van der Waals surface area contributed by atoms with Crippen LogP contribution in [0.5, 0.6) is 0 Å². The highest BCUT2D eigenvalue weighted by molar-refractivity contribution is 6.30. The first kappa shape index (κ1) is 10.8. The summed E-state index contributed by atoms with van der Waals surface area (Å²) in [4.78, 5) is 2.41. The van der Waals surface area contributed by atoms with Gasteiger partial charge >= 0.3 is 0 Å². The van der Waals surface area contributed by atoms with Crippen molar-refractivity contribution in [1.29, 1.82) is 0 Å². The van der Waals surface area contributed by atoms with Crippen LogP contribution in [0.3, 0.4) is 0 Å². The maximum Gasteiger partial charge on any atom is 0.0470 e. The molecule has 1 N–H and O–H groups in total. The number of anilines is 1. The largest absolute Gasteiger partial charge is 0.364 e. The SMILES string of the molecule is CC1(C)CNCCN1c1cccc(Cl)c1. The second-order valence-electron chi connectivity index (χ2n) is 4.62. The van der Waals surface area contributed by atoms with E-state index in [4.69, 9.17) is 11.6 Å². The molecule has 15 heavy (non-hydrogen) atoms. The molecule has 1 aliphatic heterocycles. The molecule has 82 valence electrons. The first-order valence-corrected chi connectivity index (χ1v) is 5.71. The lowest BCUT2D eigenvalue weighted by Crippen LogP contribution is -2.58. The Hall–Kier alpha value is -0.730. The molecule has 1 heterocycles. The fraction of sp³-hybridized carbons (Fsp3) is 0.500. The predicted molar refractivity (Wildman–Crippen MR) is 65.7 cm³/mol. The minimum absolute atomic E-state index is 0.156. The van der Waals surface area contributed by atoms with E-state index in [1.165, 1.54) is 5.69 Å². The standard InChI is InChI=1S/C12H17ClN2/c1-12(2)9-14-6-7-15(12)11-5-3-4-10(13)8-11/h3-5,8,14H,6-7,9H2,1-2H3. The lowest BCUT2D eigenvalue weighted by atomic mass is 9.99. The highest BCUT2D eigenvalue weighted by Crippen LogP contribution is 2.27. The van der Waals surface area contributed by atoms with E-state index in [2.05, 4.69) is 30.1 Å². The van der Waals surface area contributed by atoms with Crippen LogP contribution in [0.4, 0.5) is 5.69 Å². The van der Waals surface area contributed by atoms with Crippen molar-refractivity contribution in [2.45, 2.75) is 19.4 Å². The normalized spacial score (nSPS) is 20.3. The van der Waals surface area contributed by atoms with Crippen LogP contribution >= 0.6 is 11.6 Å². The second kappa shape index (κ2) is 4.03. The van der Waals surface area contributed by atoms with Gasteiger partial charge in [0.25, 0.3) is 0 Å². The van der Waals surface area contributed by atoms with Gasteiger partial charge in [0.15, 0.2) is 0 Å². The van der Waals surface area contributed by atoms with Crippen molar-refractivity contribution >= 4 is 17.3 Å². The Kier molecular flexibility index (Phi) is 2.89. The van der Waals surface area contributed by atoms with E-state index in [0.29, 0.717) is 0 Å². The zero-order valence-electron chi connectivity index (χ0n) is 9.26. The second-order valence-corrected chi connectivity index (χ2v) is 5.06. The number of hydrogen-bond acceptors (Lipinski definition) is 2. The minimum atomic E-state index is 0.156. The Balaban J connectivity index is 2.29. The maximum absolute atomic E-state index is 6.01. The van der Waals surface area contributed by atoms with E-state index in [1.807, 2.05) is 18.2 Å². The number of rotatable bonds is 1. The molecule has 0 aliphatic carbocycles. The van der Waals surface area contributed by atoms with Gasteiger partial charge < -0.3 is 10.2 Å². The van der Waals surface area contributed by atoms with Crippen LogP contribution in [-0.2, 0) is 0 Å². The number of halogens is 1. The number of nitrogens with zero attached hydrogens (tertiary/aromatic N) is 1. The summed E-state index contributed by atoms with van der Waals surface area (Å²) in [5.74, 6) is 0. The zero-order valence-corrected chi connectivity index (χ0v) is 10.0. The van der Waals surface area contributed by atoms with Crippen molar-refractivity contribution in [1.82, 2.24) is 5.32 Å². The van der Waals surface area contributed by atoms with E-state index in [9.17, 15) is 0 Å². The smallest absolute Gasteiger partial charge is 0.0470 e. The van der Waals surface area contributed by atoms with Crippen LogP contribution in [-0.4, -0.2) is 25.2 Å². The summed E-state index contributed by atoms with van der Waals surface area (Å²) in [6, 6.07) is 8.09. The van der Waals surface area contributed by atoms with E-state index in [0.717, 1.165) is 24.7 Å². The van der Waals surface area contributed by atoms with Gasteiger partial charge in [-0.3, -0.25) is 0 Å². The number of piperazine rings is 1. The fourth-order valence-corrected chi connectivity index (χ4v) is 2.29. The summed E-state index contributed by atoms with van der Waals surface area (Å²) in [5.41, 5.74) is 1.37. The first-order chi connectivity index (χ1) is 7.09. The van der Waals surface area contributed by atoms with Gasteiger partial charge in [0.2, 0.25) is 0 Å². The Morgan fingerprint density at radius 3 is 2.87 bits per heavy atom. The molecule has 0 bridgehead atoms. The van der Waals surface area contributed by atoms with E-state index < -0.39 is 0 Å².